The van der Waals surface area contributed by atoms with Gasteiger partial charge in [-0.25, -0.2) is 0 Å². The zero-order valence-corrected chi connectivity index (χ0v) is 11.7. The zero-order valence-electron chi connectivity index (χ0n) is 11.7. The van der Waals surface area contributed by atoms with Crippen molar-refractivity contribution in [3.63, 3.8) is 0 Å². The maximum absolute atomic E-state index is 9.38. The first-order valence-electron chi connectivity index (χ1n) is 7.19. The van der Waals surface area contributed by atoms with Crippen molar-refractivity contribution in [2.75, 3.05) is 26.8 Å². The predicted molar refractivity (Wildman–Crippen MR) is 73.4 cm³/mol. The quantitative estimate of drug-likeness (QED) is 0.490. The van der Waals surface area contributed by atoms with Gasteiger partial charge in [0.2, 0.25) is 0 Å². The molecule has 0 aromatic rings. The molecule has 0 aromatic carbocycles. The van der Waals surface area contributed by atoms with Crippen molar-refractivity contribution < 1.29 is 9.84 Å². The Morgan fingerprint density at radius 3 is 2.18 bits per heavy atom. The fourth-order valence-corrected chi connectivity index (χ4v) is 1.90. The SMILES string of the molecule is CCCCCCCCCCNCC(O)COC. The van der Waals surface area contributed by atoms with Crippen LogP contribution in [0.15, 0.2) is 0 Å². The Morgan fingerprint density at radius 1 is 1.00 bits per heavy atom. The van der Waals surface area contributed by atoms with Gasteiger partial charge in [0.15, 0.2) is 0 Å². The molecular formula is C14H31NO2. The van der Waals surface area contributed by atoms with E-state index in [-0.39, 0.29) is 6.10 Å². The highest BCUT2D eigenvalue weighted by Gasteiger charge is 2.01. The third-order valence-corrected chi connectivity index (χ3v) is 2.95. The second kappa shape index (κ2) is 13.9. The second-order valence-corrected chi connectivity index (χ2v) is 4.79. The molecule has 0 bridgehead atoms. The first-order valence-corrected chi connectivity index (χ1v) is 7.19. The van der Waals surface area contributed by atoms with Crippen LogP contribution in [0.5, 0.6) is 0 Å². The molecule has 0 aliphatic heterocycles. The first kappa shape index (κ1) is 16.9. The average molecular weight is 245 g/mol. The molecule has 1 atom stereocenters. The highest BCUT2D eigenvalue weighted by atomic mass is 16.5. The Balaban J connectivity index is 2.98. The van der Waals surface area contributed by atoms with Crippen LogP contribution in [0.2, 0.25) is 0 Å². The monoisotopic (exact) mass is 245 g/mol. The fraction of sp³-hybridized carbons (Fsp3) is 1.00. The molecule has 0 radical (unpaired) electrons. The topological polar surface area (TPSA) is 41.5 Å². The number of ether oxygens (including phenoxy) is 1. The van der Waals surface area contributed by atoms with Crippen LogP contribution in [0.4, 0.5) is 0 Å². The van der Waals surface area contributed by atoms with Crippen LogP contribution in [0, 0.1) is 0 Å². The molecule has 0 heterocycles. The standard InChI is InChI=1S/C14H31NO2/c1-3-4-5-6-7-8-9-10-11-15-12-14(16)13-17-2/h14-16H,3-13H2,1-2H3. The van der Waals surface area contributed by atoms with Crippen molar-refractivity contribution in [1.29, 1.82) is 0 Å². The van der Waals surface area contributed by atoms with E-state index in [0.717, 1.165) is 6.54 Å². The predicted octanol–water partition coefficient (Wildman–Crippen LogP) is 2.72. The Labute approximate surface area is 107 Å². The Bertz CT molecular complexity index is 142. The van der Waals surface area contributed by atoms with E-state index in [1.54, 1.807) is 7.11 Å². The number of hydrogen-bond acceptors (Lipinski definition) is 3. The minimum Gasteiger partial charge on any atom is -0.389 e. The van der Waals surface area contributed by atoms with Crippen molar-refractivity contribution in [3.8, 4) is 0 Å². The van der Waals surface area contributed by atoms with Crippen LogP contribution < -0.4 is 5.32 Å². The molecule has 0 saturated heterocycles. The second-order valence-electron chi connectivity index (χ2n) is 4.79. The summed E-state index contributed by atoms with van der Waals surface area (Å²) in [7, 11) is 1.61. The van der Waals surface area contributed by atoms with E-state index < -0.39 is 0 Å². The fourth-order valence-electron chi connectivity index (χ4n) is 1.90. The van der Waals surface area contributed by atoms with Gasteiger partial charge in [0.1, 0.15) is 0 Å². The van der Waals surface area contributed by atoms with E-state index in [9.17, 15) is 5.11 Å². The summed E-state index contributed by atoms with van der Waals surface area (Å²) in [6.07, 6.45) is 10.4. The molecule has 0 spiro atoms. The molecule has 17 heavy (non-hydrogen) atoms. The number of aliphatic hydroxyl groups excluding tert-OH is 1. The minimum absolute atomic E-state index is 0.367. The van der Waals surface area contributed by atoms with E-state index in [0.29, 0.717) is 13.2 Å². The lowest BCUT2D eigenvalue weighted by atomic mass is 10.1. The number of unbranched alkanes of at least 4 members (excludes halogenated alkanes) is 7. The highest BCUT2D eigenvalue weighted by molar-refractivity contribution is 4.58. The molecule has 0 amide bonds. The summed E-state index contributed by atoms with van der Waals surface area (Å²) in [6.45, 7) is 4.33. The third-order valence-electron chi connectivity index (χ3n) is 2.95. The van der Waals surface area contributed by atoms with Gasteiger partial charge in [0.25, 0.3) is 0 Å². The van der Waals surface area contributed by atoms with Crippen molar-refractivity contribution in [1.82, 2.24) is 5.32 Å². The number of nitrogens with one attached hydrogen (secondary N) is 1. The molecule has 0 aromatic heterocycles. The van der Waals surface area contributed by atoms with Crippen LogP contribution in [0.3, 0.4) is 0 Å². The maximum atomic E-state index is 9.38. The lowest BCUT2D eigenvalue weighted by Crippen LogP contribution is -2.30. The molecule has 2 N–H and O–H groups in total. The lowest BCUT2D eigenvalue weighted by molar-refractivity contribution is 0.0646. The van der Waals surface area contributed by atoms with Crippen LogP contribution in [-0.4, -0.2) is 38.0 Å². The van der Waals surface area contributed by atoms with E-state index >= 15 is 0 Å². The Kier molecular flexibility index (Phi) is 13.8. The number of methoxy groups -OCH3 is 1. The zero-order chi connectivity index (χ0) is 12.8. The van der Waals surface area contributed by atoms with Gasteiger partial charge in [0, 0.05) is 13.7 Å². The van der Waals surface area contributed by atoms with Crippen molar-refractivity contribution in [3.05, 3.63) is 0 Å². The van der Waals surface area contributed by atoms with E-state index in [2.05, 4.69) is 12.2 Å². The van der Waals surface area contributed by atoms with Gasteiger partial charge in [-0.3, -0.25) is 0 Å². The highest BCUT2D eigenvalue weighted by Crippen LogP contribution is 2.07. The molecule has 3 heteroatoms. The van der Waals surface area contributed by atoms with E-state index in [1.807, 2.05) is 0 Å². The number of hydrogen-bond donors (Lipinski definition) is 2. The van der Waals surface area contributed by atoms with Crippen molar-refractivity contribution in [2.24, 2.45) is 0 Å². The summed E-state index contributed by atoms with van der Waals surface area (Å²) in [4.78, 5) is 0. The molecule has 0 rings (SSSR count). The van der Waals surface area contributed by atoms with Gasteiger partial charge in [-0.2, -0.15) is 0 Å². The van der Waals surface area contributed by atoms with Gasteiger partial charge in [-0.1, -0.05) is 51.9 Å². The van der Waals surface area contributed by atoms with E-state index in [4.69, 9.17) is 4.74 Å². The van der Waals surface area contributed by atoms with Gasteiger partial charge in [-0.05, 0) is 13.0 Å². The van der Waals surface area contributed by atoms with Crippen LogP contribution in [0.25, 0.3) is 0 Å². The smallest absolute Gasteiger partial charge is 0.0897 e. The summed E-state index contributed by atoms with van der Waals surface area (Å²) in [5, 5.41) is 12.6. The molecule has 3 nitrogen and oxygen atoms in total. The average Bonchev–Trinajstić information content (AvgIpc) is 2.32. The molecule has 0 aliphatic carbocycles. The van der Waals surface area contributed by atoms with Gasteiger partial charge in [0.05, 0.1) is 12.7 Å². The molecule has 0 aliphatic rings. The van der Waals surface area contributed by atoms with Crippen molar-refractivity contribution >= 4 is 0 Å². The Morgan fingerprint density at radius 2 is 1.59 bits per heavy atom. The van der Waals surface area contributed by atoms with Crippen LogP contribution >= 0.6 is 0 Å². The third kappa shape index (κ3) is 13.8. The van der Waals surface area contributed by atoms with Crippen molar-refractivity contribution in [2.45, 2.75) is 64.4 Å². The van der Waals surface area contributed by atoms with Gasteiger partial charge in [-0.15, -0.1) is 0 Å². The normalized spacial score (nSPS) is 12.9. The molecule has 0 saturated carbocycles. The van der Waals surface area contributed by atoms with Gasteiger partial charge >= 0.3 is 0 Å². The Hall–Kier alpha value is -0.120. The summed E-state index contributed by atoms with van der Waals surface area (Å²) in [5.41, 5.74) is 0. The molecule has 0 fully saturated rings. The molecular weight excluding hydrogens is 214 g/mol. The summed E-state index contributed by atoms with van der Waals surface area (Å²) < 4.78 is 4.86. The summed E-state index contributed by atoms with van der Waals surface area (Å²) >= 11 is 0. The lowest BCUT2D eigenvalue weighted by Gasteiger charge is -2.10. The largest absolute Gasteiger partial charge is 0.389 e. The number of aliphatic hydroxyl groups is 1. The molecule has 104 valence electrons. The minimum atomic E-state index is -0.367. The first-order chi connectivity index (χ1) is 8.31. The molecule has 1 unspecified atom stereocenters. The summed E-state index contributed by atoms with van der Waals surface area (Å²) in [5.74, 6) is 0. The summed E-state index contributed by atoms with van der Waals surface area (Å²) in [6, 6.07) is 0. The van der Waals surface area contributed by atoms with Gasteiger partial charge < -0.3 is 15.2 Å². The van der Waals surface area contributed by atoms with E-state index in [1.165, 1.54) is 51.4 Å². The number of rotatable bonds is 13. The maximum Gasteiger partial charge on any atom is 0.0897 e. The van der Waals surface area contributed by atoms with Crippen LogP contribution in [0.1, 0.15) is 58.3 Å². The van der Waals surface area contributed by atoms with Crippen LogP contribution in [-0.2, 0) is 4.74 Å².